The van der Waals surface area contributed by atoms with Crippen LogP contribution >= 0.6 is 0 Å². The fraction of sp³-hybridized carbons (Fsp3) is 1.00. The van der Waals surface area contributed by atoms with Crippen molar-refractivity contribution in [1.29, 1.82) is 0 Å². The molecule has 0 aromatic carbocycles. The third kappa shape index (κ3) is 3.38. The lowest BCUT2D eigenvalue weighted by Crippen LogP contribution is -2.31. The predicted octanol–water partition coefficient (Wildman–Crippen LogP) is 0.873. The van der Waals surface area contributed by atoms with Crippen LogP contribution in [0.5, 0.6) is 0 Å². The molecule has 0 radical (unpaired) electrons. The summed E-state index contributed by atoms with van der Waals surface area (Å²) in [4.78, 5) is 0. The molecule has 0 aromatic heterocycles. The Kier molecular flexibility index (Phi) is 5.45. The number of unbranched alkanes of at least 4 members (excludes halogenated alkanes) is 1. The van der Waals surface area contributed by atoms with E-state index in [2.05, 4.69) is 6.92 Å². The van der Waals surface area contributed by atoms with Crippen molar-refractivity contribution in [3.05, 3.63) is 0 Å². The first-order valence-corrected chi connectivity index (χ1v) is 5.28. The molecule has 4 nitrogen and oxygen atoms in total. The van der Waals surface area contributed by atoms with Crippen molar-refractivity contribution >= 4 is 0 Å². The maximum Gasteiger partial charge on any atom is 0.186 e. The minimum Gasteiger partial charge on any atom is -0.385 e. The van der Waals surface area contributed by atoms with E-state index in [4.69, 9.17) is 14.2 Å². The van der Waals surface area contributed by atoms with E-state index in [1.807, 2.05) is 0 Å². The Hall–Kier alpha value is -0.230. The Labute approximate surface area is 89.3 Å². The third-order valence-corrected chi connectivity index (χ3v) is 2.43. The van der Waals surface area contributed by atoms with E-state index >= 15 is 0 Å². The molecule has 0 amide bonds. The molecule has 1 aliphatic heterocycles. The molecule has 0 bridgehead atoms. The lowest BCUT2D eigenvalue weighted by molar-refractivity contribution is -0.156. The topological polar surface area (TPSA) is 47.9 Å². The number of methoxy groups -OCH3 is 1. The predicted molar refractivity (Wildman–Crippen MR) is 52.3 cm³/mol. The number of ether oxygens (including phenoxy) is 3. The zero-order valence-corrected chi connectivity index (χ0v) is 9.19. The lowest BCUT2D eigenvalue weighted by atomic mass is 10.2. The van der Waals surface area contributed by atoms with Gasteiger partial charge in [0.05, 0.1) is 6.61 Å². The Morgan fingerprint density at radius 2 is 2.20 bits per heavy atom. The van der Waals surface area contributed by atoms with Gasteiger partial charge in [0.25, 0.3) is 0 Å². The zero-order chi connectivity index (χ0) is 11.3. The van der Waals surface area contributed by atoms with Crippen LogP contribution in [-0.4, -0.2) is 50.1 Å². The van der Waals surface area contributed by atoms with E-state index in [0.717, 1.165) is 12.8 Å². The number of aliphatic hydroxyl groups is 1. The van der Waals surface area contributed by atoms with Crippen LogP contribution in [-0.2, 0) is 14.2 Å². The summed E-state index contributed by atoms with van der Waals surface area (Å²) in [6.07, 6.45) is -2.26. The molecule has 1 rings (SSSR count). The molecular formula is C10H19FO4. The Balaban J connectivity index is 2.25. The molecular weight excluding hydrogens is 203 g/mol. The van der Waals surface area contributed by atoms with Crippen LogP contribution in [0.3, 0.4) is 0 Å². The number of rotatable bonds is 6. The molecule has 0 saturated carbocycles. The van der Waals surface area contributed by atoms with Crippen LogP contribution in [0.2, 0.25) is 0 Å². The molecule has 1 aliphatic rings. The van der Waals surface area contributed by atoms with Crippen LogP contribution in [0.1, 0.15) is 19.8 Å². The van der Waals surface area contributed by atoms with Gasteiger partial charge >= 0.3 is 0 Å². The fourth-order valence-corrected chi connectivity index (χ4v) is 1.47. The van der Waals surface area contributed by atoms with Gasteiger partial charge in [-0.15, -0.1) is 0 Å². The van der Waals surface area contributed by atoms with Gasteiger partial charge < -0.3 is 19.3 Å². The SMILES string of the molecule is CCCCOC[C@H]1O[C@H](OC)[C@H](O)[C@@H]1F. The summed E-state index contributed by atoms with van der Waals surface area (Å²) in [6, 6.07) is 0. The van der Waals surface area contributed by atoms with E-state index in [1.54, 1.807) is 0 Å². The normalized spacial score (nSPS) is 36.0. The molecule has 0 spiro atoms. The molecule has 1 fully saturated rings. The highest BCUT2D eigenvalue weighted by atomic mass is 19.1. The van der Waals surface area contributed by atoms with Crippen molar-refractivity contribution in [2.24, 2.45) is 0 Å². The molecule has 0 aliphatic carbocycles. The summed E-state index contributed by atoms with van der Waals surface area (Å²) in [7, 11) is 1.38. The minimum absolute atomic E-state index is 0.165. The Bertz CT molecular complexity index is 179. The standard InChI is InChI=1S/C10H19FO4/c1-3-4-5-14-6-7-8(11)9(12)10(13-2)15-7/h7-10,12H,3-6H2,1-2H3/t7-,8-,9-,10+/m1/s1. The fourth-order valence-electron chi connectivity index (χ4n) is 1.47. The zero-order valence-electron chi connectivity index (χ0n) is 9.19. The Morgan fingerprint density at radius 1 is 1.47 bits per heavy atom. The van der Waals surface area contributed by atoms with Gasteiger partial charge in [0.1, 0.15) is 12.2 Å². The highest BCUT2D eigenvalue weighted by Gasteiger charge is 2.44. The van der Waals surface area contributed by atoms with Crippen LogP contribution in [0.15, 0.2) is 0 Å². The third-order valence-electron chi connectivity index (χ3n) is 2.43. The van der Waals surface area contributed by atoms with Crippen molar-refractivity contribution in [3.8, 4) is 0 Å². The average molecular weight is 222 g/mol. The molecule has 0 aromatic rings. The summed E-state index contributed by atoms with van der Waals surface area (Å²) in [5, 5.41) is 9.35. The minimum atomic E-state index is -1.43. The molecule has 0 unspecified atom stereocenters. The first-order valence-electron chi connectivity index (χ1n) is 5.28. The number of hydrogen-bond donors (Lipinski definition) is 1. The van der Waals surface area contributed by atoms with Gasteiger partial charge in [0, 0.05) is 13.7 Å². The van der Waals surface area contributed by atoms with Crippen molar-refractivity contribution in [3.63, 3.8) is 0 Å². The van der Waals surface area contributed by atoms with E-state index < -0.39 is 24.7 Å². The summed E-state index contributed by atoms with van der Waals surface area (Å²) in [5.74, 6) is 0. The molecule has 15 heavy (non-hydrogen) atoms. The summed E-state index contributed by atoms with van der Waals surface area (Å²) in [5.41, 5.74) is 0. The lowest BCUT2D eigenvalue weighted by Gasteiger charge is -2.12. The highest BCUT2D eigenvalue weighted by Crippen LogP contribution is 2.24. The van der Waals surface area contributed by atoms with Gasteiger partial charge in [-0.1, -0.05) is 13.3 Å². The van der Waals surface area contributed by atoms with Gasteiger partial charge in [0.2, 0.25) is 0 Å². The monoisotopic (exact) mass is 222 g/mol. The summed E-state index contributed by atoms with van der Waals surface area (Å²) < 4.78 is 28.6. The number of aliphatic hydroxyl groups excluding tert-OH is 1. The van der Waals surface area contributed by atoms with Crippen molar-refractivity contribution in [2.75, 3.05) is 20.3 Å². The van der Waals surface area contributed by atoms with Crippen molar-refractivity contribution < 1.29 is 23.7 Å². The van der Waals surface area contributed by atoms with E-state index in [1.165, 1.54) is 7.11 Å². The van der Waals surface area contributed by atoms with E-state index in [-0.39, 0.29) is 6.61 Å². The molecule has 1 heterocycles. The van der Waals surface area contributed by atoms with Gasteiger partial charge in [-0.3, -0.25) is 0 Å². The largest absolute Gasteiger partial charge is 0.385 e. The van der Waals surface area contributed by atoms with Crippen LogP contribution in [0, 0.1) is 0 Å². The number of hydrogen-bond acceptors (Lipinski definition) is 4. The summed E-state index contributed by atoms with van der Waals surface area (Å²) >= 11 is 0. The molecule has 4 atom stereocenters. The quantitative estimate of drug-likeness (QED) is 0.677. The van der Waals surface area contributed by atoms with Gasteiger partial charge in [-0.2, -0.15) is 0 Å². The second-order valence-electron chi connectivity index (χ2n) is 3.64. The number of alkyl halides is 1. The van der Waals surface area contributed by atoms with Gasteiger partial charge in [-0.05, 0) is 6.42 Å². The molecule has 1 N–H and O–H groups in total. The molecule has 90 valence electrons. The number of halogens is 1. The second kappa shape index (κ2) is 6.37. The van der Waals surface area contributed by atoms with E-state index in [0.29, 0.717) is 6.61 Å². The summed E-state index contributed by atoms with van der Waals surface area (Å²) in [6.45, 7) is 2.81. The molecule has 5 heteroatoms. The highest BCUT2D eigenvalue weighted by molar-refractivity contribution is 4.86. The first-order chi connectivity index (χ1) is 7.20. The maximum atomic E-state index is 13.4. The maximum absolute atomic E-state index is 13.4. The van der Waals surface area contributed by atoms with Gasteiger partial charge in [-0.25, -0.2) is 4.39 Å². The van der Waals surface area contributed by atoms with Crippen LogP contribution in [0.25, 0.3) is 0 Å². The van der Waals surface area contributed by atoms with Gasteiger partial charge in [0.15, 0.2) is 12.5 Å². The molecule has 1 saturated heterocycles. The van der Waals surface area contributed by atoms with Crippen molar-refractivity contribution in [2.45, 2.75) is 44.4 Å². The second-order valence-corrected chi connectivity index (χ2v) is 3.64. The first kappa shape index (κ1) is 12.8. The van der Waals surface area contributed by atoms with E-state index in [9.17, 15) is 9.50 Å². The Morgan fingerprint density at radius 3 is 2.73 bits per heavy atom. The van der Waals surface area contributed by atoms with Crippen molar-refractivity contribution in [1.82, 2.24) is 0 Å². The average Bonchev–Trinajstić information content (AvgIpc) is 2.52. The van der Waals surface area contributed by atoms with Crippen LogP contribution < -0.4 is 0 Å². The van der Waals surface area contributed by atoms with Crippen LogP contribution in [0.4, 0.5) is 4.39 Å². The smallest absolute Gasteiger partial charge is 0.186 e.